The number of carbonyl (C=O) groups is 2. The minimum Gasteiger partial charge on any atom is -0.507 e. The number of guanidine groups is 1. The lowest BCUT2D eigenvalue weighted by Crippen LogP contribution is -2.48. The van der Waals surface area contributed by atoms with Crippen LogP contribution in [0.15, 0.2) is 58.4 Å². The number of nitrogens with one attached hydrogen (secondary N) is 4. The van der Waals surface area contributed by atoms with E-state index >= 15 is 0 Å². The molecule has 1 aliphatic rings. The number of hydrogen-bond acceptors (Lipinski definition) is 9. The molecular formula is C23H29N5O7S. The summed E-state index contributed by atoms with van der Waals surface area (Å²) in [6.07, 6.45) is 1.69. The number of aliphatic carboxylic acids is 1. The summed E-state index contributed by atoms with van der Waals surface area (Å²) >= 11 is 0. The number of hydrogen-bond donors (Lipinski definition) is 6. The van der Waals surface area contributed by atoms with Gasteiger partial charge in [-0.15, -0.1) is 0 Å². The van der Waals surface area contributed by atoms with Gasteiger partial charge in [-0.2, -0.15) is 4.72 Å². The molecule has 0 spiro atoms. The summed E-state index contributed by atoms with van der Waals surface area (Å²) in [5, 5.41) is 28.3. The molecule has 13 heteroatoms. The second-order valence-corrected chi connectivity index (χ2v) is 9.57. The third kappa shape index (κ3) is 7.85. The van der Waals surface area contributed by atoms with Gasteiger partial charge in [-0.05, 0) is 37.1 Å². The number of phenolic OH excluding ortho intramolecular Hbond substituents is 1. The molecule has 0 aliphatic carbocycles. The van der Waals surface area contributed by atoms with Crippen molar-refractivity contribution in [3.05, 3.63) is 54.1 Å². The largest absolute Gasteiger partial charge is 0.507 e. The van der Waals surface area contributed by atoms with Crippen LogP contribution in [0.3, 0.4) is 0 Å². The fourth-order valence-electron chi connectivity index (χ4n) is 3.24. The number of amides is 1. The molecule has 0 unspecified atom stereocenters. The van der Waals surface area contributed by atoms with E-state index in [4.69, 9.17) is 4.74 Å². The van der Waals surface area contributed by atoms with Crippen LogP contribution in [0.5, 0.6) is 11.5 Å². The van der Waals surface area contributed by atoms with Crippen molar-refractivity contribution < 1.29 is 33.0 Å². The Labute approximate surface area is 208 Å². The summed E-state index contributed by atoms with van der Waals surface area (Å²) in [4.78, 5) is 28.2. The monoisotopic (exact) mass is 519 g/mol. The van der Waals surface area contributed by atoms with Crippen molar-refractivity contribution in [3.8, 4) is 11.5 Å². The van der Waals surface area contributed by atoms with E-state index in [0.29, 0.717) is 25.3 Å². The highest BCUT2D eigenvalue weighted by atomic mass is 32.2. The predicted molar refractivity (Wildman–Crippen MR) is 132 cm³/mol. The molecule has 12 nitrogen and oxygen atoms in total. The molecule has 0 saturated carbocycles. The Morgan fingerprint density at radius 2 is 1.94 bits per heavy atom. The van der Waals surface area contributed by atoms with Gasteiger partial charge in [0, 0.05) is 32.2 Å². The normalized spacial score (nSPS) is 14.2. The van der Waals surface area contributed by atoms with Gasteiger partial charge in [-0.3, -0.25) is 14.6 Å². The Morgan fingerprint density at radius 3 is 2.61 bits per heavy atom. The molecule has 2 aromatic carbocycles. The molecule has 36 heavy (non-hydrogen) atoms. The second-order valence-electron chi connectivity index (χ2n) is 7.85. The van der Waals surface area contributed by atoms with Crippen molar-refractivity contribution in [2.24, 2.45) is 4.99 Å². The summed E-state index contributed by atoms with van der Waals surface area (Å²) < 4.78 is 32.5. The Hall–Kier alpha value is -3.84. The molecule has 0 saturated heterocycles. The minimum absolute atomic E-state index is 0.106. The summed E-state index contributed by atoms with van der Waals surface area (Å²) in [6, 6.07) is 9.77. The average molecular weight is 520 g/mol. The lowest BCUT2D eigenvalue weighted by atomic mass is 10.1. The number of aromatic hydroxyl groups is 1. The van der Waals surface area contributed by atoms with E-state index in [1.165, 1.54) is 42.5 Å². The van der Waals surface area contributed by atoms with Crippen LogP contribution in [-0.2, 0) is 14.8 Å². The molecule has 0 bridgehead atoms. The van der Waals surface area contributed by atoms with Gasteiger partial charge >= 0.3 is 5.97 Å². The first-order valence-corrected chi connectivity index (χ1v) is 12.8. The summed E-state index contributed by atoms with van der Waals surface area (Å²) in [7, 11) is -4.11. The van der Waals surface area contributed by atoms with Crippen molar-refractivity contribution in [1.29, 1.82) is 0 Å². The van der Waals surface area contributed by atoms with Crippen molar-refractivity contribution >= 4 is 27.9 Å². The minimum atomic E-state index is -4.11. The number of aliphatic imine (C=N–C) groups is 1. The molecule has 1 aliphatic heterocycles. The highest BCUT2D eigenvalue weighted by molar-refractivity contribution is 7.89. The first kappa shape index (κ1) is 26.8. The van der Waals surface area contributed by atoms with E-state index in [0.717, 1.165) is 25.5 Å². The molecule has 2 aromatic rings. The van der Waals surface area contributed by atoms with Gasteiger partial charge in [-0.1, -0.05) is 18.2 Å². The predicted octanol–water partition coefficient (Wildman–Crippen LogP) is 0.262. The molecule has 194 valence electrons. The maximum atomic E-state index is 12.5. The Morgan fingerprint density at radius 1 is 1.17 bits per heavy atom. The zero-order valence-electron chi connectivity index (χ0n) is 19.4. The van der Waals surface area contributed by atoms with Crippen molar-refractivity contribution in [2.75, 3.05) is 32.8 Å². The number of carbonyl (C=O) groups excluding carboxylic acids is 1. The SMILES string of the molecule is O=C(NC[C@H](NS(=O)(=O)c1ccccc1)C(=O)O)c1ccc(OCCCNC2=NCCCN2)cc1O. The van der Waals surface area contributed by atoms with Crippen molar-refractivity contribution in [3.63, 3.8) is 0 Å². The summed E-state index contributed by atoms with van der Waals surface area (Å²) in [6.45, 7) is 2.17. The first-order chi connectivity index (χ1) is 17.3. The number of phenols is 1. The maximum absolute atomic E-state index is 12.5. The van der Waals surface area contributed by atoms with Gasteiger partial charge in [-0.25, -0.2) is 8.42 Å². The fraction of sp³-hybridized carbons (Fsp3) is 0.348. The van der Waals surface area contributed by atoms with E-state index in [1.54, 1.807) is 6.07 Å². The highest BCUT2D eigenvalue weighted by Crippen LogP contribution is 2.23. The number of carboxylic acid groups (broad SMARTS) is 1. The Balaban J connectivity index is 1.49. The van der Waals surface area contributed by atoms with Gasteiger partial charge in [0.1, 0.15) is 17.5 Å². The molecule has 0 aromatic heterocycles. The van der Waals surface area contributed by atoms with Crippen LogP contribution in [0.25, 0.3) is 0 Å². The Bertz CT molecular complexity index is 1190. The second kappa shape index (κ2) is 12.7. The lowest BCUT2D eigenvalue weighted by molar-refractivity contribution is -0.138. The smallest absolute Gasteiger partial charge is 0.323 e. The van der Waals surface area contributed by atoms with Crippen LogP contribution in [-0.4, -0.2) is 75.3 Å². The van der Waals surface area contributed by atoms with E-state index in [2.05, 4.69) is 25.7 Å². The first-order valence-electron chi connectivity index (χ1n) is 11.3. The molecule has 0 fully saturated rings. The fourth-order valence-corrected chi connectivity index (χ4v) is 4.45. The molecule has 1 atom stereocenters. The van der Waals surface area contributed by atoms with Crippen LogP contribution in [0.1, 0.15) is 23.2 Å². The number of benzene rings is 2. The third-order valence-electron chi connectivity index (χ3n) is 5.11. The zero-order chi connectivity index (χ0) is 26.0. The van der Waals surface area contributed by atoms with E-state index in [-0.39, 0.29) is 16.2 Å². The topological polar surface area (TPSA) is 178 Å². The van der Waals surface area contributed by atoms with Crippen molar-refractivity contribution in [1.82, 2.24) is 20.7 Å². The molecule has 3 rings (SSSR count). The molecule has 6 N–H and O–H groups in total. The average Bonchev–Trinajstić information content (AvgIpc) is 2.87. The standard InChI is InChI=1S/C23H29N5O7S/c29-20-14-16(35-13-5-12-26-23-24-10-4-11-25-23)8-9-18(20)21(30)27-15-19(22(31)32)28-36(33,34)17-6-2-1-3-7-17/h1-3,6-9,14,19,28-29H,4-5,10-13,15H2,(H,27,30)(H,31,32)(H2,24,25,26)/t19-/m0/s1. The molecule has 1 amide bonds. The number of carboxylic acids is 1. The van der Waals surface area contributed by atoms with E-state index < -0.39 is 34.5 Å². The van der Waals surface area contributed by atoms with Crippen LogP contribution < -0.4 is 25.4 Å². The summed E-state index contributed by atoms with van der Waals surface area (Å²) in [5.41, 5.74) is -0.111. The third-order valence-corrected chi connectivity index (χ3v) is 6.60. The lowest BCUT2D eigenvalue weighted by Gasteiger charge is -2.16. The van der Waals surface area contributed by atoms with Crippen LogP contribution in [0.2, 0.25) is 0 Å². The van der Waals surface area contributed by atoms with Gasteiger partial charge in [0.25, 0.3) is 5.91 Å². The molecule has 0 radical (unpaired) electrons. The van der Waals surface area contributed by atoms with Crippen LogP contribution in [0.4, 0.5) is 0 Å². The number of ether oxygens (including phenoxy) is 1. The van der Waals surface area contributed by atoms with E-state index in [1.807, 2.05) is 0 Å². The van der Waals surface area contributed by atoms with Crippen LogP contribution in [0, 0.1) is 0 Å². The van der Waals surface area contributed by atoms with Crippen molar-refractivity contribution in [2.45, 2.75) is 23.8 Å². The molecule has 1 heterocycles. The Kier molecular flexibility index (Phi) is 9.47. The number of sulfonamides is 1. The van der Waals surface area contributed by atoms with Crippen LogP contribution >= 0.6 is 0 Å². The summed E-state index contributed by atoms with van der Waals surface area (Å²) in [5.74, 6) is -1.47. The zero-order valence-corrected chi connectivity index (χ0v) is 20.3. The number of rotatable bonds is 12. The maximum Gasteiger partial charge on any atom is 0.323 e. The van der Waals surface area contributed by atoms with E-state index in [9.17, 15) is 28.2 Å². The van der Waals surface area contributed by atoms with Gasteiger partial charge < -0.3 is 30.9 Å². The van der Waals surface area contributed by atoms with Gasteiger partial charge in [0.2, 0.25) is 10.0 Å². The molecular weight excluding hydrogens is 490 g/mol. The number of nitrogens with zero attached hydrogens (tertiary/aromatic N) is 1. The highest BCUT2D eigenvalue weighted by Gasteiger charge is 2.26. The quantitative estimate of drug-likeness (QED) is 0.215. The van der Waals surface area contributed by atoms with Gasteiger partial charge in [0.15, 0.2) is 5.96 Å². The van der Waals surface area contributed by atoms with Gasteiger partial charge in [0.05, 0.1) is 17.1 Å².